The number of aliphatic hydroxyl groups is 4. The fourth-order valence-electron chi connectivity index (χ4n) is 5.85. The van der Waals surface area contributed by atoms with Crippen molar-refractivity contribution in [2.24, 2.45) is 30.7 Å². The highest BCUT2D eigenvalue weighted by atomic mass is 16.4. The van der Waals surface area contributed by atoms with Gasteiger partial charge in [0.25, 0.3) is 5.56 Å². The molecule has 9 atom stereocenters. The molecular formula is C27H47NO6. The van der Waals surface area contributed by atoms with Gasteiger partial charge in [0.05, 0.1) is 17.8 Å². The highest BCUT2D eigenvalue weighted by molar-refractivity contribution is 5.42. The Balaban J connectivity index is 2.00. The molecule has 1 aromatic heterocycles. The third kappa shape index (κ3) is 6.84. The van der Waals surface area contributed by atoms with Crippen LogP contribution in [0.2, 0.25) is 0 Å². The average molecular weight is 482 g/mol. The molecule has 0 saturated heterocycles. The number of aromatic nitrogens is 1. The Morgan fingerprint density at radius 2 is 1.35 bits per heavy atom. The highest BCUT2D eigenvalue weighted by Gasteiger charge is 2.50. The Bertz CT molecular complexity index is 825. The van der Waals surface area contributed by atoms with E-state index in [-0.39, 0.29) is 22.4 Å². The van der Waals surface area contributed by atoms with E-state index in [0.717, 1.165) is 31.1 Å². The van der Waals surface area contributed by atoms with Crippen LogP contribution in [0, 0.1) is 23.7 Å². The van der Waals surface area contributed by atoms with Crippen molar-refractivity contribution in [3.63, 3.8) is 0 Å². The van der Waals surface area contributed by atoms with E-state index < -0.39 is 30.3 Å². The van der Waals surface area contributed by atoms with Gasteiger partial charge < -0.3 is 30.1 Å². The van der Waals surface area contributed by atoms with Gasteiger partial charge in [-0.2, -0.15) is 0 Å². The SMILES string of the molecule is CC[C@@H](C)C[C@H](C)CC(C)CC(C)CCCc1c(O)c(C2[C@@H](O)[C@@H](O)[C@@H](O)[C@H]2O)cn(C)c1=O. The molecule has 0 aromatic carbocycles. The standard InChI is InChI=1S/C27H47NO6/c1-7-15(2)11-17(4)13-18(5)12-16(3)9-8-10-19-22(29)20(14-28(6)27(19)34)21-23(30)25(32)26(33)24(21)31/h14-18,21,23-26,29-33H,7-13H2,1-6H3/t15-,16?,17+,18?,21?,23-,24+,25-,26+/m1/s1. The van der Waals surface area contributed by atoms with Gasteiger partial charge in [-0.25, -0.2) is 0 Å². The van der Waals surface area contributed by atoms with Crippen molar-refractivity contribution >= 4 is 0 Å². The topological polar surface area (TPSA) is 123 Å². The maximum Gasteiger partial charge on any atom is 0.257 e. The Morgan fingerprint density at radius 3 is 1.88 bits per heavy atom. The lowest BCUT2D eigenvalue weighted by Gasteiger charge is -2.23. The first kappa shape index (κ1) is 28.8. The van der Waals surface area contributed by atoms with E-state index >= 15 is 0 Å². The highest BCUT2D eigenvalue weighted by Crippen LogP contribution is 2.40. The van der Waals surface area contributed by atoms with Gasteiger partial charge in [-0.3, -0.25) is 4.79 Å². The number of pyridine rings is 1. The van der Waals surface area contributed by atoms with Crippen molar-refractivity contribution < 1.29 is 25.5 Å². The summed E-state index contributed by atoms with van der Waals surface area (Å²) in [4.78, 5) is 12.7. The summed E-state index contributed by atoms with van der Waals surface area (Å²) in [6.45, 7) is 11.5. The van der Waals surface area contributed by atoms with E-state index in [2.05, 4.69) is 34.6 Å². The molecule has 2 rings (SSSR count). The summed E-state index contributed by atoms with van der Waals surface area (Å²) < 4.78 is 1.32. The van der Waals surface area contributed by atoms with Crippen molar-refractivity contribution in [3.05, 3.63) is 27.7 Å². The van der Waals surface area contributed by atoms with E-state index in [4.69, 9.17) is 0 Å². The fourth-order valence-corrected chi connectivity index (χ4v) is 5.85. The average Bonchev–Trinajstić information content (AvgIpc) is 2.95. The Labute approximate surface area is 204 Å². The first-order valence-corrected chi connectivity index (χ1v) is 13.0. The predicted octanol–water partition coefficient (Wildman–Crippen LogP) is 3.08. The molecule has 7 heteroatoms. The molecule has 1 heterocycles. The third-order valence-corrected chi connectivity index (χ3v) is 7.85. The number of nitrogens with zero attached hydrogens (tertiary/aromatic N) is 1. The molecule has 1 fully saturated rings. The normalized spacial score (nSPS) is 28.6. The van der Waals surface area contributed by atoms with Crippen LogP contribution in [0.1, 0.15) is 90.2 Å². The number of aliphatic hydroxyl groups excluding tert-OH is 4. The molecule has 5 N–H and O–H groups in total. The lowest BCUT2D eigenvalue weighted by atomic mass is 9.84. The second-order valence-corrected chi connectivity index (χ2v) is 11.2. The van der Waals surface area contributed by atoms with Crippen LogP contribution in [-0.2, 0) is 13.5 Å². The van der Waals surface area contributed by atoms with Crippen LogP contribution in [0.5, 0.6) is 5.75 Å². The molecule has 7 nitrogen and oxygen atoms in total. The van der Waals surface area contributed by atoms with Crippen molar-refractivity contribution in [1.29, 1.82) is 0 Å². The van der Waals surface area contributed by atoms with Gasteiger partial charge in [0.2, 0.25) is 0 Å². The fraction of sp³-hybridized carbons (Fsp3) is 0.815. The van der Waals surface area contributed by atoms with Gasteiger partial charge in [-0.15, -0.1) is 0 Å². The van der Waals surface area contributed by atoms with Crippen molar-refractivity contribution in [3.8, 4) is 5.75 Å². The molecule has 1 saturated carbocycles. The van der Waals surface area contributed by atoms with Crippen LogP contribution < -0.4 is 5.56 Å². The quantitative estimate of drug-likeness (QED) is 0.313. The second-order valence-electron chi connectivity index (χ2n) is 11.2. The first-order valence-electron chi connectivity index (χ1n) is 13.0. The second kappa shape index (κ2) is 12.5. The van der Waals surface area contributed by atoms with Gasteiger partial charge in [0, 0.05) is 24.7 Å². The lowest BCUT2D eigenvalue weighted by Crippen LogP contribution is -2.32. The molecule has 0 amide bonds. The van der Waals surface area contributed by atoms with E-state index in [0.29, 0.717) is 18.3 Å². The third-order valence-electron chi connectivity index (χ3n) is 7.85. The molecule has 1 aliphatic rings. The monoisotopic (exact) mass is 481 g/mol. The minimum Gasteiger partial charge on any atom is -0.507 e. The summed E-state index contributed by atoms with van der Waals surface area (Å²) in [7, 11) is 1.56. The zero-order valence-corrected chi connectivity index (χ0v) is 21.8. The summed E-state index contributed by atoms with van der Waals surface area (Å²) in [5.41, 5.74) is 0.103. The molecule has 34 heavy (non-hydrogen) atoms. The first-order chi connectivity index (χ1) is 15.9. The van der Waals surface area contributed by atoms with Gasteiger partial charge in [0.15, 0.2) is 0 Å². The summed E-state index contributed by atoms with van der Waals surface area (Å²) in [6.07, 6.45) is 2.37. The zero-order chi connectivity index (χ0) is 25.7. The predicted molar refractivity (Wildman–Crippen MR) is 134 cm³/mol. The summed E-state index contributed by atoms with van der Waals surface area (Å²) in [6, 6.07) is 0. The molecular weight excluding hydrogens is 434 g/mol. The van der Waals surface area contributed by atoms with Crippen LogP contribution in [0.25, 0.3) is 0 Å². The zero-order valence-electron chi connectivity index (χ0n) is 21.8. The molecule has 1 aromatic rings. The Hall–Kier alpha value is -1.41. The smallest absolute Gasteiger partial charge is 0.257 e. The molecule has 0 aliphatic heterocycles. The van der Waals surface area contributed by atoms with Gasteiger partial charge in [-0.1, -0.05) is 47.5 Å². The molecule has 0 spiro atoms. The number of aromatic hydroxyl groups is 1. The van der Waals surface area contributed by atoms with Crippen LogP contribution in [-0.4, -0.2) is 54.5 Å². The molecule has 1 aliphatic carbocycles. The number of aryl methyl sites for hydroxylation is 1. The van der Waals surface area contributed by atoms with Gasteiger partial charge in [-0.05, 0) is 55.8 Å². The van der Waals surface area contributed by atoms with Crippen LogP contribution in [0.15, 0.2) is 11.0 Å². The van der Waals surface area contributed by atoms with Crippen LogP contribution in [0.4, 0.5) is 0 Å². The summed E-state index contributed by atoms with van der Waals surface area (Å²) in [5.74, 6) is 1.30. The van der Waals surface area contributed by atoms with Crippen LogP contribution >= 0.6 is 0 Å². The summed E-state index contributed by atoms with van der Waals surface area (Å²) in [5, 5.41) is 51.4. The molecule has 3 unspecified atom stereocenters. The maximum absolute atomic E-state index is 12.7. The number of rotatable bonds is 12. The van der Waals surface area contributed by atoms with Crippen molar-refractivity contribution in [2.75, 3.05) is 0 Å². The van der Waals surface area contributed by atoms with E-state index in [1.54, 1.807) is 7.05 Å². The Morgan fingerprint density at radius 1 is 0.853 bits per heavy atom. The number of hydrogen-bond donors (Lipinski definition) is 5. The summed E-state index contributed by atoms with van der Waals surface area (Å²) >= 11 is 0. The molecule has 0 radical (unpaired) electrons. The molecule has 196 valence electrons. The lowest BCUT2D eigenvalue weighted by molar-refractivity contribution is -0.0413. The minimum absolute atomic E-state index is 0.171. The van der Waals surface area contributed by atoms with Crippen LogP contribution in [0.3, 0.4) is 0 Å². The Kier molecular flexibility index (Phi) is 10.6. The van der Waals surface area contributed by atoms with Crippen molar-refractivity contribution in [2.45, 2.75) is 110 Å². The van der Waals surface area contributed by atoms with E-state index in [1.807, 2.05) is 0 Å². The maximum atomic E-state index is 12.7. The van der Waals surface area contributed by atoms with E-state index in [9.17, 15) is 30.3 Å². The minimum atomic E-state index is -1.52. The number of hydrogen-bond acceptors (Lipinski definition) is 6. The largest absolute Gasteiger partial charge is 0.507 e. The van der Waals surface area contributed by atoms with Gasteiger partial charge in [0.1, 0.15) is 18.0 Å². The molecule has 0 bridgehead atoms. The van der Waals surface area contributed by atoms with E-state index in [1.165, 1.54) is 30.0 Å². The van der Waals surface area contributed by atoms with Crippen molar-refractivity contribution in [1.82, 2.24) is 4.57 Å². The van der Waals surface area contributed by atoms with Gasteiger partial charge >= 0.3 is 0 Å².